The maximum absolute atomic E-state index is 11.4. The molecule has 11 heteroatoms. The molecule has 0 spiro atoms. The number of ether oxygens (including phenoxy) is 2. The molecule has 2 aromatic carbocycles. The van der Waals surface area contributed by atoms with Gasteiger partial charge in [-0.2, -0.15) is 10.2 Å². The van der Waals surface area contributed by atoms with Crippen molar-refractivity contribution < 1.29 is 14.3 Å². The molecule has 1 amide bonds. The van der Waals surface area contributed by atoms with Crippen molar-refractivity contribution in [2.45, 2.75) is 25.0 Å². The lowest BCUT2D eigenvalue weighted by molar-refractivity contribution is -0.123. The van der Waals surface area contributed by atoms with Crippen LogP contribution in [0.5, 0.6) is 5.75 Å². The number of aromatic nitrogens is 3. The summed E-state index contributed by atoms with van der Waals surface area (Å²) in [5, 5.41) is 15.7. The van der Waals surface area contributed by atoms with E-state index >= 15 is 0 Å². The molecule has 200 valence electrons. The first kappa shape index (κ1) is 25.0. The van der Waals surface area contributed by atoms with Gasteiger partial charge in [-0.05, 0) is 48.9 Å². The summed E-state index contributed by atoms with van der Waals surface area (Å²) in [6, 6.07) is 16.3. The number of rotatable bonds is 7. The molecule has 1 atom stereocenters. The Morgan fingerprint density at radius 1 is 1.08 bits per heavy atom. The zero-order valence-corrected chi connectivity index (χ0v) is 21.5. The van der Waals surface area contributed by atoms with Gasteiger partial charge in [0.1, 0.15) is 24.3 Å². The summed E-state index contributed by atoms with van der Waals surface area (Å²) in [5.74, 6) is 1.37. The Bertz CT molecular complexity index is 1350. The van der Waals surface area contributed by atoms with E-state index in [-0.39, 0.29) is 12.0 Å². The fraction of sp³-hybridized carbons (Fsp3) is 0.393. The van der Waals surface area contributed by atoms with E-state index in [0.29, 0.717) is 54.1 Å². The zero-order chi connectivity index (χ0) is 26.6. The average Bonchev–Trinajstić information content (AvgIpc) is 2.95. The second kappa shape index (κ2) is 11.2. The molecule has 11 nitrogen and oxygen atoms in total. The number of amides is 1. The number of nitrogens with one attached hydrogen (secondary N) is 2. The first-order valence-electron chi connectivity index (χ1n) is 13.3. The van der Waals surface area contributed by atoms with Crippen molar-refractivity contribution >= 4 is 23.2 Å². The lowest BCUT2D eigenvalue weighted by Crippen LogP contribution is -2.56. The third-order valence-electron chi connectivity index (χ3n) is 7.38. The highest BCUT2D eigenvalue weighted by Gasteiger charge is 2.29. The summed E-state index contributed by atoms with van der Waals surface area (Å²) in [4.78, 5) is 29.5. The van der Waals surface area contributed by atoms with Crippen LogP contribution < -0.4 is 20.3 Å². The second-order valence-electron chi connectivity index (χ2n) is 9.92. The van der Waals surface area contributed by atoms with Crippen molar-refractivity contribution in [3.8, 4) is 23.2 Å². The predicted octanol–water partition coefficient (Wildman–Crippen LogP) is 2.33. The first-order chi connectivity index (χ1) is 19.1. The molecule has 3 fully saturated rings. The Kier molecular flexibility index (Phi) is 7.21. The highest BCUT2D eigenvalue weighted by atomic mass is 16.5. The Morgan fingerprint density at radius 2 is 1.90 bits per heavy atom. The summed E-state index contributed by atoms with van der Waals surface area (Å²) in [6.07, 6.45) is 2.33. The van der Waals surface area contributed by atoms with E-state index in [0.717, 1.165) is 45.1 Å². The van der Waals surface area contributed by atoms with E-state index in [1.54, 1.807) is 12.1 Å². The van der Waals surface area contributed by atoms with Crippen molar-refractivity contribution in [2.75, 3.05) is 56.2 Å². The Labute approximate surface area is 226 Å². The molecule has 0 saturated carbocycles. The van der Waals surface area contributed by atoms with Crippen molar-refractivity contribution in [1.82, 2.24) is 25.2 Å². The van der Waals surface area contributed by atoms with Crippen LogP contribution >= 0.6 is 0 Å². The van der Waals surface area contributed by atoms with E-state index in [1.165, 1.54) is 12.0 Å². The maximum Gasteiger partial charge on any atom is 0.230 e. The third kappa shape index (κ3) is 5.77. The molecule has 6 rings (SSSR count). The quantitative estimate of drug-likeness (QED) is 0.473. The molecule has 0 aliphatic carbocycles. The molecular weight excluding hydrogens is 496 g/mol. The first-order valence-corrected chi connectivity index (χ1v) is 13.3. The Morgan fingerprint density at radius 3 is 2.59 bits per heavy atom. The number of hydrogen-bond acceptors (Lipinski definition) is 10. The van der Waals surface area contributed by atoms with Crippen molar-refractivity contribution in [3.63, 3.8) is 0 Å². The lowest BCUT2D eigenvalue weighted by Gasteiger charge is -2.43. The van der Waals surface area contributed by atoms with Gasteiger partial charge in [-0.1, -0.05) is 0 Å². The van der Waals surface area contributed by atoms with E-state index in [9.17, 15) is 10.1 Å². The van der Waals surface area contributed by atoms with Gasteiger partial charge < -0.3 is 25.0 Å². The SMILES string of the molecule is N#Cc1cc(-c2ncnc(Nc3ccc(N4CCN(C5COC5)CC4)cc3)n2)ccc1O[C@@H]1CCC(=O)NC1. The Hall–Kier alpha value is -4.27. The van der Waals surface area contributed by atoms with E-state index < -0.39 is 0 Å². The van der Waals surface area contributed by atoms with Gasteiger partial charge in [0.15, 0.2) is 5.82 Å². The molecule has 3 saturated heterocycles. The van der Waals surface area contributed by atoms with Gasteiger partial charge in [0.2, 0.25) is 11.9 Å². The number of benzene rings is 2. The molecule has 2 N–H and O–H groups in total. The summed E-state index contributed by atoms with van der Waals surface area (Å²) in [7, 11) is 0. The largest absolute Gasteiger partial charge is 0.487 e. The van der Waals surface area contributed by atoms with Gasteiger partial charge in [0.05, 0.1) is 31.4 Å². The predicted molar refractivity (Wildman–Crippen MR) is 145 cm³/mol. The van der Waals surface area contributed by atoms with Gasteiger partial charge >= 0.3 is 0 Å². The van der Waals surface area contributed by atoms with Gasteiger partial charge in [0.25, 0.3) is 0 Å². The van der Waals surface area contributed by atoms with Crippen LogP contribution in [0.3, 0.4) is 0 Å². The minimum absolute atomic E-state index is 0.0228. The van der Waals surface area contributed by atoms with Crippen LogP contribution in [0, 0.1) is 11.3 Å². The average molecular weight is 527 g/mol. The van der Waals surface area contributed by atoms with Crippen molar-refractivity contribution in [2.24, 2.45) is 0 Å². The number of carbonyl (C=O) groups is 1. The number of piperazine rings is 1. The Balaban J connectivity index is 1.09. The molecule has 0 unspecified atom stereocenters. The summed E-state index contributed by atoms with van der Waals surface area (Å²) >= 11 is 0. The highest BCUT2D eigenvalue weighted by molar-refractivity contribution is 5.76. The minimum atomic E-state index is -0.160. The molecular formula is C28H30N8O3. The number of nitrogens with zero attached hydrogens (tertiary/aromatic N) is 6. The monoisotopic (exact) mass is 526 g/mol. The summed E-state index contributed by atoms with van der Waals surface area (Å²) < 4.78 is 11.3. The topological polar surface area (TPSA) is 129 Å². The van der Waals surface area contributed by atoms with E-state index in [2.05, 4.69) is 53.6 Å². The maximum atomic E-state index is 11.4. The van der Waals surface area contributed by atoms with Crippen LogP contribution in [0.2, 0.25) is 0 Å². The van der Waals surface area contributed by atoms with Crippen molar-refractivity contribution in [3.05, 3.63) is 54.4 Å². The molecule has 3 aromatic rings. The third-order valence-corrected chi connectivity index (χ3v) is 7.38. The van der Waals surface area contributed by atoms with Crippen LogP contribution in [0.15, 0.2) is 48.8 Å². The van der Waals surface area contributed by atoms with Crippen LogP contribution in [0.1, 0.15) is 18.4 Å². The van der Waals surface area contributed by atoms with Crippen LogP contribution in [-0.4, -0.2) is 83.8 Å². The fourth-order valence-corrected chi connectivity index (χ4v) is 5.01. The molecule has 3 aliphatic rings. The zero-order valence-electron chi connectivity index (χ0n) is 21.5. The molecule has 39 heavy (non-hydrogen) atoms. The van der Waals surface area contributed by atoms with Gasteiger partial charge in [-0.3, -0.25) is 9.69 Å². The van der Waals surface area contributed by atoms with Crippen LogP contribution in [0.4, 0.5) is 17.3 Å². The van der Waals surface area contributed by atoms with Gasteiger partial charge in [0, 0.05) is 49.5 Å². The standard InChI is InChI=1S/C28H30N8O3/c29-14-20-13-19(1-7-25(20)39-24-6-8-26(37)30-15-24)27-31-18-32-28(34-27)33-21-2-4-22(5-3-21)35-9-11-36(12-10-35)23-16-38-17-23/h1-5,7,13,18,23-24H,6,8-12,15-17H2,(H,30,37)(H,31,32,33,34)/t24-/m1/s1. The second-order valence-corrected chi connectivity index (χ2v) is 9.92. The molecule has 0 radical (unpaired) electrons. The fourth-order valence-electron chi connectivity index (χ4n) is 5.01. The van der Waals surface area contributed by atoms with Crippen LogP contribution in [-0.2, 0) is 9.53 Å². The smallest absolute Gasteiger partial charge is 0.230 e. The summed E-state index contributed by atoms with van der Waals surface area (Å²) in [6.45, 7) is 6.28. The lowest BCUT2D eigenvalue weighted by atomic mass is 10.1. The van der Waals surface area contributed by atoms with E-state index in [4.69, 9.17) is 9.47 Å². The number of hydrogen-bond donors (Lipinski definition) is 2. The number of anilines is 3. The summed E-state index contributed by atoms with van der Waals surface area (Å²) in [5.41, 5.74) is 3.14. The molecule has 0 bridgehead atoms. The number of carbonyl (C=O) groups excluding carboxylic acids is 1. The minimum Gasteiger partial charge on any atom is -0.487 e. The number of nitriles is 1. The number of piperidine rings is 1. The van der Waals surface area contributed by atoms with Crippen molar-refractivity contribution in [1.29, 1.82) is 5.26 Å². The van der Waals surface area contributed by atoms with Gasteiger partial charge in [-0.25, -0.2) is 9.97 Å². The normalized spacial score (nSPS) is 20.0. The van der Waals surface area contributed by atoms with Gasteiger partial charge in [-0.15, -0.1) is 0 Å². The molecule has 3 aliphatic heterocycles. The van der Waals surface area contributed by atoms with E-state index in [1.807, 2.05) is 18.2 Å². The van der Waals surface area contributed by atoms with Crippen LogP contribution in [0.25, 0.3) is 11.4 Å². The molecule has 1 aromatic heterocycles. The molecule has 4 heterocycles. The highest BCUT2D eigenvalue weighted by Crippen LogP contribution is 2.27.